The first-order valence-corrected chi connectivity index (χ1v) is 5.71. The molecular weight excluding hydrogens is 208 g/mol. The molecule has 0 aliphatic heterocycles. The molecule has 1 saturated carbocycles. The van der Waals surface area contributed by atoms with E-state index in [1.807, 2.05) is 0 Å². The minimum absolute atomic E-state index is 0.0707. The third-order valence-electron chi connectivity index (χ3n) is 2.98. The van der Waals surface area contributed by atoms with Crippen molar-refractivity contribution in [2.24, 2.45) is 5.92 Å². The standard InChI is InChI=1S/C12H16O4/c13-12(14)10-6-7-11(16-10)15-8-9-4-2-1-3-5-9/h6-7,9H,1-5,8H2,(H,13,14). The van der Waals surface area contributed by atoms with Crippen molar-refractivity contribution in [3.8, 4) is 5.95 Å². The lowest BCUT2D eigenvalue weighted by Crippen LogP contribution is -2.14. The molecule has 0 radical (unpaired) electrons. The number of hydrogen-bond acceptors (Lipinski definition) is 3. The van der Waals surface area contributed by atoms with Crippen molar-refractivity contribution < 1.29 is 19.1 Å². The van der Waals surface area contributed by atoms with E-state index >= 15 is 0 Å². The van der Waals surface area contributed by atoms with Crippen LogP contribution < -0.4 is 4.74 Å². The van der Waals surface area contributed by atoms with Gasteiger partial charge in [-0.1, -0.05) is 19.3 Å². The Morgan fingerprint density at radius 1 is 1.38 bits per heavy atom. The molecule has 1 aromatic heterocycles. The van der Waals surface area contributed by atoms with Gasteiger partial charge in [0.15, 0.2) is 0 Å². The first kappa shape index (κ1) is 11.0. The van der Waals surface area contributed by atoms with Crippen LogP contribution in [0.3, 0.4) is 0 Å². The van der Waals surface area contributed by atoms with E-state index in [0.29, 0.717) is 18.5 Å². The number of ether oxygens (including phenoxy) is 1. The fourth-order valence-electron chi connectivity index (χ4n) is 2.07. The molecule has 2 rings (SSSR count). The number of carboxylic acids is 1. The summed E-state index contributed by atoms with van der Waals surface area (Å²) in [4.78, 5) is 10.6. The number of carboxylic acid groups (broad SMARTS) is 1. The van der Waals surface area contributed by atoms with Gasteiger partial charge in [-0.25, -0.2) is 4.79 Å². The molecule has 1 aliphatic carbocycles. The third-order valence-corrected chi connectivity index (χ3v) is 2.98. The first-order chi connectivity index (χ1) is 7.75. The average Bonchev–Trinajstić information content (AvgIpc) is 2.76. The van der Waals surface area contributed by atoms with E-state index < -0.39 is 5.97 Å². The van der Waals surface area contributed by atoms with E-state index in [1.54, 1.807) is 6.07 Å². The molecule has 88 valence electrons. The molecule has 0 aromatic carbocycles. The Morgan fingerprint density at radius 3 is 2.75 bits per heavy atom. The zero-order valence-corrected chi connectivity index (χ0v) is 9.15. The normalized spacial score (nSPS) is 17.2. The number of furan rings is 1. The van der Waals surface area contributed by atoms with Gasteiger partial charge in [0.2, 0.25) is 5.76 Å². The van der Waals surface area contributed by atoms with Crippen LogP contribution in [-0.2, 0) is 0 Å². The summed E-state index contributed by atoms with van der Waals surface area (Å²) in [5.41, 5.74) is 0. The lowest BCUT2D eigenvalue weighted by Gasteiger charge is -2.20. The monoisotopic (exact) mass is 224 g/mol. The zero-order valence-electron chi connectivity index (χ0n) is 9.15. The van der Waals surface area contributed by atoms with E-state index in [0.717, 1.165) is 0 Å². The van der Waals surface area contributed by atoms with Crippen LogP contribution in [0.15, 0.2) is 16.5 Å². The van der Waals surface area contributed by atoms with Crippen LogP contribution in [0.5, 0.6) is 5.95 Å². The van der Waals surface area contributed by atoms with Crippen LogP contribution in [0, 0.1) is 5.92 Å². The highest BCUT2D eigenvalue weighted by Gasteiger charge is 2.15. The van der Waals surface area contributed by atoms with Gasteiger partial charge in [0.25, 0.3) is 5.95 Å². The van der Waals surface area contributed by atoms with Crippen molar-refractivity contribution in [1.29, 1.82) is 0 Å². The van der Waals surface area contributed by atoms with E-state index in [4.69, 9.17) is 14.3 Å². The van der Waals surface area contributed by atoms with Gasteiger partial charge in [0.1, 0.15) is 0 Å². The van der Waals surface area contributed by atoms with E-state index in [-0.39, 0.29) is 5.76 Å². The van der Waals surface area contributed by atoms with Crippen LogP contribution in [0.25, 0.3) is 0 Å². The molecule has 1 N–H and O–H groups in total. The third kappa shape index (κ3) is 2.78. The quantitative estimate of drug-likeness (QED) is 0.854. The molecule has 0 atom stereocenters. The van der Waals surface area contributed by atoms with E-state index in [1.165, 1.54) is 38.2 Å². The predicted octanol–water partition coefficient (Wildman–Crippen LogP) is 2.94. The molecule has 4 heteroatoms. The molecule has 0 saturated heterocycles. The van der Waals surface area contributed by atoms with Gasteiger partial charge in [-0.3, -0.25) is 0 Å². The number of hydrogen-bond donors (Lipinski definition) is 1. The molecule has 1 aliphatic rings. The highest BCUT2D eigenvalue weighted by molar-refractivity contribution is 5.84. The van der Waals surface area contributed by atoms with E-state index in [9.17, 15) is 4.79 Å². The highest BCUT2D eigenvalue weighted by Crippen LogP contribution is 2.25. The Morgan fingerprint density at radius 2 is 2.12 bits per heavy atom. The van der Waals surface area contributed by atoms with Gasteiger partial charge in [-0.15, -0.1) is 0 Å². The maximum atomic E-state index is 10.6. The lowest BCUT2D eigenvalue weighted by atomic mass is 9.90. The fraction of sp³-hybridized carbons (Fsp3) is 0.583. The van der Waals surface area contributed by atoms with Gasteiger partial charge < -0.3 is 14.3 Å². The predicted molar refractivity (Wildman–Crippen MR) is 57.7 cm³/mol. The molecule has 0 amide bonds. The van der Waals surface area contributed by atoms with Gasteiger partial charge in [-0.05, 0) is 24.8 Å². The van der Waals surface area contributed by atoms with Crippen LogP contribution in [0.4, 0.5) is 0 Å². The molecule has 4 nitrogen and oxygen atoms in total. The minimum Gasteiger partial charge on any atom is -0.475 e. The smallest absolute Gasteiger partial charge is 0.371 e. The number of rotatable bonds is 4. The summed E-state index contributed by atoms with van der Waals surface area (Å²) >= 11 is 0. The highest BCUT2D eigenvalue weighted by atomic mass is 16.6. The Kier molecular flexibility index (Phi) is 3.49. The molecular formula is C12H16O4. The van der Waals surface area contributed by atoms with Crippen LogP contribution in [0.2, 0.25) is 0 Å². The summed E-state index contributed by atoms with van der Waals surface area (Å²) in [7, 11) is 0. The van der Waals surface area contributed by atoms with Crippen molar-refractivity contribution in [1.82, 2.24) is 0 Å². The first-order valence-electron chi connectivity index (χ1n) is 5.71. The summed E-state index contributed by atoms with van der Waals surface area (Å²) in [6.45, 7) is 0.632. The zero-order chi connectivity index (χ0) is 11.4. The average molecular weight is 224 g/mol. The maximum Gasteiger partial charge on any atom is 0.371 e. The fourth-order valence-corrected chi connectivity index (χ4v) is 2.07. The molecule has 1 heterocycles. The SMILES string of the molecule is O=C(O)c1ccc(OCC2CCCCC2)o1. The van der Waals surface area contributed by atoms with Crippen LogP contribution in [0.1, 0.15) is 42.7 Å². The second-order valence-corrected chi connectivity index (χ2v) is 4.24. The summed E-state index contributed by atoms with van der Waals surface area (Å²) in [5, 5.41) is 8.67. The van der Waals surface area contributed by atoms with Crippen molar-refractivity contribution in [2.45, 2.75) is 32.1 Å². The Hall–Kier alpha value is -1.45. The van der Waals surface area contributed by atoms with Crippen molar-refractivity contribution in [2.75, 3.05) is 6.61 Å². The molecule has 16 heavy (non-hydrogen) atoms. The molecule has 0 unspecified atom stereocenters. The molecule has 1 fully saturated rings. The van der Waals surface area contributed by atoms with Gasteiger partial charge in [0.05, 0.1) is 6.61 Å². The van der Waals surface area contributed by atoms with Gasteiger partial charge in [0, 0.05) is 6.07 Å². The van der Waals surface area contributed by atoms with Crippen LogP contribution in [-0.4, -0.2) is 17.7 Å². The number of carbonyl (C=O) groups is 1. The largest absolute Gasteiger partial charge is 0.475 e. The molecule has 1 aromatic rings. The topological polar surface area (TPSA) is 59.7 Å². The van der Waals surface area contributed by atoms with Crippen molar-refractivity contribution in [3.63, 3.8) is 0 Å². The summed E-state index contributed by atoms with van der Waals surface area (Å²) in [6, 6.07) is 2.98. The second-order valence-electron chi connectivity index (χ2n) is 4.24. The van der Waals surface area contributed by atoms with Gasteiger partial charge in [-0.2, -0.15) is 0 Å². The Bertz CT molecular complexity index is 350. The molecule has 0 spiro atoms. The van der Waals surface area contributed by atoms with E-state index in [2.05, 4.69) is 0 Å². The second kappa shape index (κ2) is 5.05. The van der Waals surface area contributed by atoms with Crippen LogP contribution >= 0.6 is 0 Å². The molecule has 0 bridgehead atoms. The Labute approximate surface area is 94.2 Å². The summed E-state index contributed by atoms with van der Waals surface area (Å²) in [5.74, 6) is -0.235. The summed E-state index contributed by atoms with van der Waals surface area (Å²) < 4.78 is 10.5. The summed E-state index contributed by atoms with van der Waals surface area (Å²) in [6.07, 6.45) is 6.26. The number of aromatic carboxylic acids is 1. The lowest BCUT2D eigenvalue weighted by molar-refractivity contribution is 0.0650. The Balaban J connectivity index is 1.81. The maximum absolute atomic E-state index is 10.6. The van der Waals surface area contributed by atoms with Gasteiger partial charge >= 0.3 is 5.97 Å². The van der Waals surface area contributed by atoms with Crippen molar-refractivity contribution in [3.05, 3.63) is 17.9 Å². The van der Waals surface area contributed by atoms with Crippen molar-refractivity contribution >= 4 is 5.97 Å². The minimum atomic E-state index is -1.06.